The number of hydrazine groups is 1. The predicted molar refractivity (Wildman–Crippen MR) is 89.4 cm³/mol. The molecular weight excluding hydrogens is 326 g/mol. The van der Waals surface area contributed by atoms with E-state index in [2.05, 4.69) is 0 Å². The summed E-state index contributed by atoms with van der Waals surface area (Å²) in [5.74, 6) is 3.11. The first-order valence-corrected chi connectivity index (χ1v) is 7.62. The van der Waals surface area contributed by atoms with E-state index >= 15 is 0 Å². The van der Waals surface area contributed by atoms with Gasteiger partial charge < -0.3 is 9.68 Å². The summed E-state index contributed by atoms with van der Waals surface area (Å²) in [5, 5.41) is 9.96. The van der Waals surface area contributed by atoms with Gasteiger partial charge in [-0.3, -0.25) is 9.59 Å². The quantitative estimate of drug-likeness (QED) is 0.277. The molecule has 0 unspecified atom stereocenters. The Morgan fingerprint density at radius 1 is 1.20 bits per heavy atom. The summed E-state index contributed by atoms with van der Waals surface area (Å²) in [7, 11) is -1.22. The molecular formula is C17H16BFN2O4. The van der Waals surface area contributed by atoms with E-state index in [-0.39, 0.29) is 28.8 Å². The Kier molecular flexibility index (Phi) is 4.42. The molecule has 0 spiro atoms. The van der Waals surface area contributed by atoms with Gasteiger partial charge in [0.25, 0.3) is 11.8 Å². The van der Waals surface area contributed by atoms with Gasteiger partial charge in [-0.1, -0.05) is 23.3 Å². The topological polar surface area (TPSA) is 92.9 Å². The Balaban J connectivity index is 1.92. The first-order chi connectivity index (χ1) is 11.8. The van der Waals surface area contributed by atoms with Crippen LogP contribution in [-0.4, -0.2) is 29.0 Å². The van der Waals surface area contributed by atoms with Crippen molar-refractivity contribution in [1.82, 2.24) is 5.01 Å². The normalized spacial score (nSPS) is 12.9. The second-order valence-corrected chi connectivity index (χ2v) is 6.01. The van der Waals surface area contributed by atoms with Crippen LogP contribution in [-0.2, 0) is 11.3 Å². The van der Waals surface area contributed by atoms with Gasteiger partial charge in [-0.05, 0) is 37.5 Å². The van der Waals surface area contributed by atoms with E-state index in [1.807, 2.05) is 19.9 Å². The summed E-state index contributed by atoms with van der Waals surface area (Å²) in [6.07, 6.45) is 0. The van der Waals surface area contributed by atoms with Crippen molar-refractivity contribution in [2.24, 2.45) is 5.84 Å². The molecule has 1 aliphatic heterocycles. The number of carbonyl (C=O) groups excluding carboxylic acids is 2. The second-order valence-electron chi connectivity index (χ2n) is 6.01. The summed E-state index contributed by atoms with van der Waals surface area (Å²) in [4.78, 5) is 24.9. The van der Waals surface area contributed by atoms with Gasteiger partial charge in [-0.25, -0.2) is 15.2 Å². The molecule has 8 heteroatoms. The molecule has 6 nitrogen and oxygen atoms in total. The number of hydrogen-bond donors (Lipinski definition) is 2. The molecule has 3 rings (SSSR count). The van der Waals surface area contributed by atoms with Crippen molar-refractivity contribution in [1.29, 1.82) is 0 Å². The van der Waals surface area contributed by atoms with Crippen molar-refractivity contribution < 1.29 is 23.7 Å². The Morgan fingerprint density at radius 2 is 1.84 bits per heavy atom. The lowest BCUT2D eigenvalue weighted by Crippen LogP contribution is -2.43. The molecule has 0 saturated carbocycles. The summed E-state index contributed by atoms with van der Waals surface area (Å²) >= 11 is 0. The minimum atomic E-state index is -1.22. The average molecular weight is 342 g/mol. The summed E-state index contributed by atoms with van der Waals surface area (Å²) in [6, 6.07) is 7.66. The maximum absolute atomic E-state index is 14.5. The number of nitrogens with two attached hydrogens (primary N) is 1. The van der Waals surface area contributed by atoms with Crippen LogP contribution < -0.4 is 11.3 Å². The van der Waals surface area contributed by atoms with Crippen molar-refractivity contribution in [3.05, 3.63) is 64.0 Å². The van der Waals surface area contributed by atoms with Crippen LogP contribution in [0, 0.1) is 19.7 Å². The predicted octanol–water partition coefficient (Wildman–Crippen LogP) is 0.817. The number of nitrogens with zero attached hydrogens (tertiary/aromatic N) is 1. The van der Waals surface area contributed by atoms with Crippen LogP contribution in [0.1, 0.15) is 37.4 Å². The third kappa shape index (κ3) is 3.07. The number of hydrogen-bond acceptors (Lipinski definition) is 5. The molecule has 2 amide bonds. The fraction of sp³-hybridized carbons (Fsp3) is 0.176. The SMILES string of the molecule is Cc1cc(C)cc(C(=O)N(N)C(=O)c2ccc3c(c2F)COB3O)c1. The Labute approximate surface area is 144 Å². The number of rotatable bonds is 2. The summed E-state index contributed by atoms with van der Waals surface area (Å²) in [6.45, 7) is 3.48. The highest BCUT2D eigenvalue weighted by Crippen LogP contribution is 2.19. The van der Waals surface area contributed by atoms with Gasteiger partial charge in [0.1, 0.15) is 5.82 Å². The molecule has 3 N–H and O–H groups in total. The molecule has 1 aliphatic rings. The van der Waals surface area contributed by atoms with E-state index in [4.69, 9.17) is 10.5 Å². The van der Waals surface area contributed by atoms with E-state index in [1.165, 1.54) is 12.1 Å². The van der Waals surface area contributed by atoms with Gasteiger partial charge in [-0.2, -0.15) is 0 Å². The third-order valence-electron chi connectivity index (χ3n) is 4.07. The van der Waals surface area contributed by atoms with Crippen LogP contribution in [0.15, 0.2) is 30.3 Å². The number of carbonyl (C=O) groups is 2. The van der Waals surface area contributed by atoms with E-state index in [0.717, 1.165) is 11.1 Å². The maximum Gasteiger partial charge on any atom is 0.491 e. The zero-order valence-electron chi connectivity index (χ0n) is 13.7. The zero-order valence-corrected chi connectivity index (χ0v) is 13.7. The molecule has 0 atom stereocenters. The molecule has 0 saturated heterocycles. The van der Waals surface area contributed by atoms with E-state index in [1.54, 1.807) is 12.1 Å². The highest BCUT2D eigenvalue weighted by molar-refractivity contribution is 6.61. The first-order valence-electron chi connectivity index (χ1n) is 7.62. The van der Waals surface area contributed by atoms with E-state index in [9.17, 15) is 19.0 Å². The van der Waals surface area contributed by atoms with Crippen LogP contribution in [0.3, 0.4) is 0 Å². The Morgan fingerprint density at radius 3 is 2.48 bits per heavy atom. The van der Waals surface area contributed by atoms with Crippen molar-refractivity contribution in [3.8, 4) is 0 Å². The molecule has 0 radical (unpaired) electrons. The fourth-order valence-electron chi connectivity index (χ4n) is 2.89. The lowest BCUT2D eigenvalue weighted by atomic mass is 9.79. The van der Waals surface area contributed by atoms with Crippen molar-refractivity contribution in [3.63, 3.8) is 0 Å². The van der Waals surface area contributed by atoms with Crippen molar-refractivity contribution in [2.75, 3.05) is 0 Å². The molecule has 0 aliphatic carbocycles. The number of amides is 2. The lowest BCUT2D eigenvalue weighted by Gasteiger charge is -2.16. The third-order valence-corrected chi connectivity index (χ3v) is 4.07. The van der Waals surface area contributed by atoms with Gasteiger partial charge >= 0.3 is 7.12 Å². The van der Waals surface area contributed by atoms with Gasteiger partial charge in [0.2, 0.25) is 0 Å². The Bertz CT molecular complexity index is 867. The molecule has 25 heavy (non-hydrogen) atoms. The van der Waals surface area contributed by atoms with Crippen molar-refractivity contribution >= 4 is 24.4 Å². The number of imide groups is 1. The highest BCUT2D eigenvalue weighted by atomic mass is 19.1. The zero-order chi connectivity index (χ0) is 18.3. The Hall–Kier alpha value is -2.55. The molecule has 1 heterocycles. The standard InChI is InChI=1S/C17H16BFN2O4/c1-9-5-10(2)7-11(6-9)16(22)21(20)17(23)12-3-4-14-13(15(12)19)8-25-18(14)24/h3-7,24H,8,20H2,1-2H3. The van der Waals surface area contributed by atoms with Gasteiger partial charge in [-0.15, -0.1) is 0 Å². The van der Waals surface area contributed by atoms with Gasteiger partial charge in [0.15, 0.2) is 0 Å². The van der Waals surface area contributed by atoms with E-state index < -0.39 is 24.7 Å². The molecule has 128 valence electrons. The molecule has 0 fully saturated rings. The number of aryl methyl sites for hydroxylation is 2. The monoisotopic (exact) mass is 342 g/mol. The molecule has 2 aromatic rings. The second kappa shape index (κ2) is 6.40. The lowest BCUT2D eigenvalue weighted by molar-refractivity contribution is 0.0612. The number of benzene rings is 2. The molecule has 2 aromatic carbocycles. The number of halogens is 1. The fourth-order valence-corrected chi connectivity index (χ4v) is 2.89. The van der Waals surface area contributed by atoms with Crippen LogP contribution in [0.2, 0.25) is 0 Å². The minimum Gasteiger partial charge on any atom is -0.423 e. The smallest absolute Gasteiger partial charge is 0.423 e. The van der Waals surface area contributed by atoms with Crippen LogP contribution >= 0.6 is 0 Å². The van der Waals surface area contributed by atoms with Gasteiger partial charge in [0.05, 0.1) is 12.2 Å². The summed E-state index contributed by atoms with van der Waals surface area (Å²) in [5.41, 5.74) is 1.94. The minimum absolute atomic E-state index is 0.0885. The first kappa shape index (κ1) is 17.3. The largest absolute Gasteiger partial charge is 0.491 e. The highest BCUT2D eigenvalue weighted by Gasteiger charge is 2.33. The summed E-state index contributed by atoms with van der Waals surface area (Å²) < 4.78 is 19.5. The maximum atomic E-state index is 14.5. The van der Waals surface area contributed by atoms with Crippen LogP contribution in [0.4, 0.5) is 4.39 Å². The van der Waals surface area contributed by atoms with E-state index in [0.29, 0.717) is 5.01 Å². The molecule has 0 aromatic heterocycles. The van der Waals surface area contributed by atoms with Gasteiger partial charge in [0, 0.05) is 11.1 Å². The average Bonchev–Trinajstić information content (AvgIpc) is 2.94. The number of fused-ring (bicyclic) bond motifs is 1. The van der Waals surface area contributed by atoms with Crippen molar-refractivity contribution in [2.45, 2.75) is 20.5 Å². The molecule has 0 bridgehead atoms. The van der Waals surface area contributed by atoms with Crippen LogP contribution in [0.25, 0.3) is 0 Å². The van der Waals surface area contributed by atoms with Crippen LogP contribution in [0.5, 0.6) is 0 Å².